The highest BCUT2D eigenvalue weighted by molar-refractivity contribution is 6.02. The van der Waals surface area contributed by atoms with Gasteiger partial charge in [-0.05, 0) is 36.8 Å². The number of hydrogen-bond acceptors (Lipinski definition) is 3. The van der Waals surface area contributed by atoms with Gasteiger partial charge in [0.2, 0.25) is 0 Å². The van der Waals surface area contributed by atoms with E-state index >= 15 is 0 Å². The number of rotatable bonds is 3. The van der Waals surface area contributed by atoms with Gasteiger partial charge in [-0.15, -0.1) is 10.2 Å². The Morgan fingerprint density at radius 2 is 1.73 bits per heavy atom. The number of aryl methyl sites for hydroxylation is 1. The summed E-state index contributed by atoms with van der Waals surface area (Å²) < 4.78 is 0. The molecular weight excluding hydrogens is 274 g/mol. The summed E-state index contributed by atoms with van der Waals surface area (Å²) >= 11 is 0. The standard InChI is InChI=1S/C18H15N3O/c1-13-6-5-9-15(12-13)19-18(22)17-11-10-16(20-21-17)14-7-3-2-4-8-14/h2-12H,1H3,(H,19,22). The molecule has 4 nitrogen and oxygen atoms in total. The van der Waals surface area contributed by atoms with Crippen molar-refractivity contribution >= 4 is 11.6 Å². The maximum absolute atomic E-state index is 12.2. The first-order chi connectivity index (χ1) is 10.7. The fourth-order valence-electron chi connectivity index (χ4n) is 2.13. The van der Waals surface area contributed by atoms with Crippen molar-refractivity contribution in [3.05, 3.63) is 78.0 Å². The number of nitrogens with one attached hydrogen (secondary N) is 1. The number of nitrogens with zero attached hydrogens (tertiary/aromatic N) is 2. The van der Waals surface area contributed by atoms with Gasteiger partial charge in [0.1, 0.15) is 0 Å². The molecule has 2 aromatic carbocycles. The van der Waals surface area contributed by atoms with Crippen LogP contribution in [0.15, 0.2) is 66.7 Å². The third kappa shape index (κ3) is 3.17. The number of carbonyl (C=O) groups is 1. The minimum Gasteiger partial charge on any atom is -0.321 e. The van der Waals surface area contributed by atoms with E-state index in [0.717, 1.165) is 22.5 Å². The van der Waals surface area contributed by atoms with E-state index in [1.54, 1.807) is 12.1 Å². The zero-order valence-electron chi connectivity index (χ0n) is 12.2. The molecule has 1 aromatic heterocycles. The molecule has 0 fully saturated rings. The Labute approximate surface area is 128 Å². The van der Waals surface area contributed by atoms with E-state index in [2.05, 4.69) is 15.5 Å². The molecule has 22 heavy (non-hydrogen) atoms. The Morgan fingerprint density at radius 1 is 0.909 bits per heavy atom. The van der Waals surface area contributed by atoms with Gasteiger partial charge < -0.3 is 5.32 Å². The minimum atomic E-state index is -0.266. The van der Waals surface area contributed by atoms with Crippen molar-refractivity contribution in [3.63, 3.8) is 0 Å². The number of hydrogen-bond donors (Lipinski definition) is 1. The van der Waals surface area contributed by atoms with Crippen molar-refractivity contribution in [2.24, 2.45) is 0 Å². The molecule has 3 rings (SSSR count). The molecule has 0 radical (unpaired) electrons. The third-order valence-corrected chi connectivity index (χ3v) is 3.24. The SMILES string of the molecule is Cc1cccc(NC(=O)c2ccc(-c3ccccc3)nn2)c1. The van der Waals surface area contributed by atoms with Crippen LogP contribution in [0, 0.1) is 6.92 Å². The van der Waals surface area contributed by atoms with Crippen LogP contribution < -0.4 is 5.32 Å². The predicted octanol–water partition coefficient (Wildman–Crippen LogP) is 3.70. The average molecular weight is 289 g/mol. The molecule has 3 aromatic rings. The summed E-state index contributed by atoms with van der Waals surface area (Å²) in [5.74, 6) is -0.266. The Bertz CT molecular complexity index is 783. The van der Waals surface area contributed by atoms with Gasteiger partial charge >= 0.3 is 0 Å². The molecule has 0 aliphatic rings. The number of aromatic nitrogens is 2. The van der Waals surface area contributed by atoms with Crippen LogP contribution in [-0.2, 0) is 0 Å². The van der Waals surface area contributed by atoms with Crippen LogP contribution in [0.25, 0.3) is 11.3 Å². The topological polar surface area (TPSA) is 54.9 Å². The first-order valence-electron chi connectivity index (χ1n) is 6.99. The maximum Gasteiger partial charge on any atom is 0.276 e. The van der Waals surface area contributed by atoms with Gasteiger partial charge in [0.25, 0.3) is 5.91 Å². The summed E-state index contributed by atoms with van der Waals surface area (Å²) in [6.45, 7) is 1.98. The molecule has 1 N–H and O–H groups in total. The Balaban J connectivity index is 1.76. The molecule has 108 valence electrons. The van der Waals surface area contributed by atoms with Crippen LogP contribution >= 0.6 is 0 Å². The highest BCUT2D eigenvalue weighted by Crippen LogP contribution is 2.16. The summed E-state index contributed by atoms with van der Waals surface area (Å²) in [5.41, 5.74) is 3.84. The summed E-state index contributed by atoms with van der Waals surface area (Å²) in [6.07, 6.45) is 0. The molecule has 0 saturated heterocycles. The van der Waals surface area contributed by atoms with E-state index in [9.17, 15) is 4.79 Å². The lowest BCUT2D eigenvalue weighted by Crippen LogP contribution is -2.14. The first-order valence-corrected chi connectivity index (χ1v) is 6.99. The molecular formula is C18H15N3O. The van der Waals surface area contributed by atoms with Crippen molar-refractivity contribution in [3.8, 4) is 11.3 Å². The van der Waals surface area contributed by atoms with Crippen LogP contribution in [-0.4, -0.2) is 16.1 Å². The van der Waals surface area contributed by atoms with Crippen molar-refractivity contribution < 1.29 is 4.79 Å². The monoisotopic (exact) mass is 289 g/mol. The molecule has 0 bridgehead atoms. The van der Waals surface area contributed by atoms with Crippen molar-refractivity contribution in [2.75, 3.05) is 5.32 Å². The second-order valence-electron chi connectivity index (χ2n) is 4.99. The van der Waals surface area contributed by atoms with E-state index in [1.807, 2.05) is 61.5 Å². The maximum atomic E-state index is 12.2. The highest BCUT2D eigenvalue weighted by atomic mass is 16.1. The number of carbonyl (C=O) groups excluding carboxylic acids is 1. The van der Waals surface area contributed by atoms with Crippen LogP contribution in [0.4, 0.5) is 5.69 Å². The molecule has 1 heterocycles. The lowest BCUT2D eigenvalue weighted by atomic mass is 10.1. The van der Waals surface area contributed by atoms with Crippen LogP contribution in [0.2, 0.25) is 0 Å². The molecule has 0 unspecified atom stereocenters. The largest absolute Gasteiger partial charge is 0.321 e. The Morgan fingerprint density at radius 3 is 2.41 bits per heavy atom. The predicted molar refractivity (Wildman–Crippen MR) is 86.6 cm³/mol. The second kappa shape index (κ2) is 6.18. The summed E-state index contributed by atoms with van der Waals surface area (Å²) in [5, 5.41) is 10.9. The van der Waals surface area contributed by atoms with E-state index in [1.165, 1.54) is 0 Å². The summed E-state index contributed by atoms with van der Waals surface area (Å²) in [4.78, 5) is 12.2. The van der Waals surface area contributed by atoms with Crippen molar-refractivity contribution in [2.45, 2.75) is 6.92 Å². The lowest BCUT2D eigenvalue weighted by Gasteiger charge is -2.05. The van der Waals surface area contributed by atoms with Gasteiger partial charge in [-0.3, -0.25) is 4.79 Å². The summed E-state index contributed by atoms with van der Waals surface area (Å²) in [7, 11) is 0. The third-order valence-electron chi connectivity index (χ3n) is 3.24. The number of anilines is 1. The van der Waals surface area contributed by atoms with Gasteiger partial charge in [0, 0.05) is 11.3 Å². The van der Waals surface area contributed by atoms with Crippen LogP contribution in [0.1, 0.15) is 16.1 Å². The molecule has 0 aliphatic carbocycles. The van der Waals surface area contributed by atoms with E-state index < -0.39 is 0 Å². The van der Waals surface area contributed by atoms with Crippen molar-refractivity contribution in [1.82, 2.24) is 10.2 Å². The van der Waals surface area contributed by atoms with Crippen LogP contribution in [0.5, 0.6) is 0 Å². The fourth-order valence-corrected chi connectivity index (χ4v) is 2.13. The molecule has 1 amide bonds. The minimum absolute atomic E-state index is 0.266. The van der Waals surface area contributed by atoms with Gasteiger partial charge in [0.15, 0.2) is 5.69 Å². The molecule has 4 heteroatoms. The van der Waals surface area contributed by atoms with Crippen molar-refractivity contribution in [1.29, 1.82) is 0 Å². The zero-order valence-corrected chi connectivity index (χ0v) is 12.2. The van der Waals surface area contributed by atoms with Gasteiger partial charge in [-0.1, -0.05) is 42.5 Å². The normalized spacial score (nSPS) is 10.2. The van der Waals surface area contributed by atoms with Gasteiger partial charge in [-0.25, -0.2) is 0 Å². The number of amides is 1. The van der Waals surface area contributed by atoms with Gasteiger partial charge in [0.05, 0.1) is 5.69 Å². The van der Waals surface area contributed by atoms with E-state index in [-0.39, 0.29) is 5.91 Å². The first kappa shape index (κ1) is 13.9. The second-order valence-corrected chi connectivity index (χ2v) is 4.99. The average Bonchev–Trinajstić information content (AvgIpc) is 2.56. The quantitative estimate of drug-likeness (QED) is 0.799. The summed E-state index contributed by atoms with van der Waals surface area (Å²) in [6, 6.07) is 20.8. The Kier molecular flexibility index (Phi) is 3.92. The molecule has 0 aliphatic heterocycles. The lowest BCUT2D eigenvalue weighted by molar-refractivity contribution is 0.102. The molecule has 0 saturated carbocycles. The van der Waals surface area contributed by atoms with E-state index in [4.69, 9.17) is 0 Å². The van der Waals surface area contributed by atoms with Crippen LogP contribution in [0.3, 0.4) is 0 Å². The molecule has 0 atom stereocenters. The number of benzene rings is 2. The van der Waals surface area contributed by atoms with E-state index in [0.29, 0.717) is 5.69 Å². The molecule has 0 spiro atoms. The van der Waals surface area contributed by atoms with Gasteiger partial charge in [-0.2, -0.15) is 0 Å². The smallest absolute Gasteiger partial charge is 0.276 e. The fraction of sp³-hybridized carbons (Fsp3) is 0.0556. The zero-order chi connectivity index (χ0) is 15.4. The highest BCUT2D eigenvalue weighted by Gasteiger charge is 2.09. The Hall–Kier alpha value is -3.01.